The number of carboxylic acids is 1. The van der Waals surface area contributed by atoms with Crippen molar-refractivity contribution in [2.45, 2.75) is 44.6 Å². The fourth-order valence-corrected chi connectivity index (χ4v) is 2.10. The van der Waals surface area contributed by atoms with Crippen molar-refractivity contribution in [3.8, 4) is 0 Å². The standard InChI is InChI=1S/C12H20N2O3/c15-10(4-7-13-9-2-3-9)14-8-12(11(16)17)5-1-6-12/h9,13H,1-8H2,(H,14,15)(H,16,17). The smallest absolute Gasteiger partial charge is 0.311 e. The van der Waals surface area contributed by atoms with Crippen LogP contribution in [-0.4, -0.2) is 36.1 Å². The molecule has 0 aromatic rings. The molecule has 2 saturated carbocycles. The summed E-state index contributed by atoms with van der Waals surface area (Å²) in [4.78, 5) is 22.6. The molecule has 0 saturated heterocycles. The maximum atomic E-state index is 11.5. The van der Waals surface area contributed by atoms with Crippen LogP contribution in [0.1, 0.15) is 38.5 Å². The van der Waals surface area contributed by atoms with E-state index in [0.29, 0.717) is 31.8 Å². The van der Waals surface area contributed by atoms with Crippen molar-refractivity contribution >= 4 is 11.9 Å². The highest BCUT2D eigenvalue weighted by Gasteiger charge is 2.44. The number of aliphatic carboxylic acids is 1. The number of hydrogen-bond acceptors (Lipinski definition) is 3. The Morgan fingerprint density at radius 2 is 2.00 bits per heavy atom. The van der Waals surface area contributed by atoms with E-state index in [1.54, 1.807) is 0 Å². The molecule has 96 valence electrons. The summed E-state index contributed by atoms with van der Waals surface area (Å²) in [5.74, 6) is -0.828. The van der Waals surface area contributed by atoms with Crippen molar-refractivity contribution in [2.75, 3.05) is 13.1 Å². The number of carbonyl (C=O) groups excluding carboxylic acids is 1. The van der Waals surface area contributed by atoms with Gasteiger partial charge in [-0.25, -0.2) is 0 Å². The van der Waals surface area contributed by atoms with Gasteiger partial charge in [-0.3, -0.25) is 9.59 Å². The molecule has 0 aromatic carbocycles. The van der Waals surface area contributed by atoms with Crippen LogP contribution in [-0.2, 0) is 9.59 Å². The van der Waals surface area contributed by atoms with E-state index >= 15 is 0 Å². The summed E-state index contributed by atoms with van der Waals surface area (Å²) in [6.07, 6.45) is 5.18. The van der Waals surface area contributed by atoms with Gasteiger partial charge in [0.1, 0.15) is 0 Å². The van der Waals surface area contributed by atoms with Crippen LogP contribution in [0.4, 0.5) is 0 Å². The Hall–Kier alpha value is -1.10. The van der Waals surface area contributed by atoms with E-state index in [-0.39, 0.29) is 12.5 Å². The second kappa shape index (κ2) is 5.04. The lowest BCUT2D eigenvalue weighted by Gasteiger charge is -2.37. The van der Waals surface area contributed by atoms with E-state index < -0.39 is 11.4 Å². The first-order valence-corrected chi connectivity index (χ1v) is 6.36. The lowest BCUT2D eigenvalue weighted by atomic mass is 9.69. The normalized spacial score (nSPS) is 21.6. The minimum Gasteiger partial charge on any atom is -0.481 e. The Morgan fingerprint density at radius 3 is 2.47 bits per heavy atom. The van der Waals surface area contributed by atoms with Crippen LogP contribution in [0.15, 0.2) is 0 Å². The van der Waals surface area contributed by atoms with E-state index in [1.165, 1.54) is 12.8 Å². The summed E-state index contributed by atoms with van der Waals surface area (Å²) < 4.78 is 0. The fourth-order valence-electron chi connectivity index (χ4n) is 2.10. The number of hydrogen-bond donors (Lipinski definition) is 3. The summed E-state index contributed by atoms with van der Waals surface area (Å²) >= 11 is 0. The van der Waals surface area contributed by atoms with Crippen LogP contribution in [0, 0.1) is 5.41 Å². The lowest BCUT2D eigenvalue weighted by molar-refractivity contribution is -0.154. The molecule has 0 unspecified atom stereocenters. The van der Waals surface area contributed by atoms with E-state index in [4.69, 9.17) is 5.11 Å². The third-order valence-corrected chi connectivity index (χ3v) is 3.75. The zero-order chi connectivity index (χ0) is 12.3. The van der Waals surface area contributed by atoms with Gasteiger partial charge in [0.25, 0.3) is 0 Å². The van der Waals surface area contributed by atoms with Gasteiger partial charge < -0.3 is 15.7 Å². The van der Waals surface area contributed by atoms with E-state index in [0.717, 1.165) is 6.42 Å². The number of rotatable bonds is 7. The van der Waals surface area contributed by atoms with Crippen LogP contribution in [0.25, 0.3) is 0 Å². The van der Waals surface area contributed by atoms with Gasteiger partial charge in [-0.2, -0.15) is 0 Å². The molecule has 0 aliphatic heterocycles. The first kappa shape index (κ1) is 12.4. The van der Waals surface area contributed by atoms with Crippen molar-refractivity contribution in [3.63, 3.8) is 0 Å². The van der Waals surface area contributed by atoms with Gasteiger partial charge in [-0.05, 0) is 25.7 Å². The number of amides is 1. The third-order valence-electron chi connectivity index (χ3n) is 3.75. The first-order chi connectivity index (χ1) is 8.12. The molecule has 0 radical (unpaired) electrons. The Bertz CT molecular complexity index is 309. The van der Waals surface area contributed by atoms with E-state index in [2.05, 4.69) is 10.6 Å². The van der Waals surface area contributed by atoms with Crippen LogP contribution in [0.3, 0.4) is 0 Å². The Morgan fingerprint density at radius 1 is 1.29 bits per heavy atom. The quantitative estimate of drug-likeness (QED) is 0.605. The average molecular weight is 240 g/mol. The summed E-state index contributed by atoms with van der Waals surface area (Å²) in [5.41, 5.74) is -0.681. The molecule has 0 atom stereocenters. The van der Waals surface area contributed by atoms with E-state index in [1.807, 2.05) is 0 Å². The number of nitrogens with one attached hydrogen (secondary N) is 2. The molecule has 3 N–H and O–H groups in total. The molecule has 0 aromatic heterocycles. The van der Waals surface area contributed by atoms with Crippen LogP contribution >= 0.6 is 0 Å². The highest BCUT2D eigenvalue weighted by atomic mass is 16.4. The van der Waals surface area contributed by atoms with Gasteiger partial charge in [0.2, 0.25) is 5.91 Å². The van der Waals surface area contributed by atoms with Crippen LogP contribution < -0.4 is 10.6 Å². The maximum absolute atomic E-state index is 11.5. The monoisotopic (exact) mass is 240 g/mol. The minimum atomic E-state index is -0.778. The Kier molecular flexibility index (Phi) is 3.66. The van der Waals surface area contributed by atoms with Gasteiger partial charge in [-0.1, -0.05) is 6.42 Å². The maximum Gasteiger partial charge on any atom is 0.311 e. The van der Waals surface area contributed by atoms with Gasteiger partial charge in [0, 0.05) is 25.6 Å². The van der Waals surface area contributed by atoms with Gasteiger partial charge in [0.15, 0.2) is 0 Å². The van der Waals surface area contributed by atoms with Gasteiger partial charge in [-0.15, -0.1) is 0 Å². The van der Waals surface area contributed by atoms with Crippen molar-refractivity contribution in [1.29, 1.82) is 0 Å². The molecule has 5 nitrogen and oxygen atoms in total. The van der Waals surface area contributed by atoms with Crippen molar-refractivity contribution in [1.82, 2.24) is 10.6 Å². The summed E-state index contributed by atoms with van der Waals surface area (Å²) in [5, 5.41) is 15.1. The van der Waals surface area contributed by atoms with Gasteiger partial charge in [0.05, 0.1) is 5.41 Å². The topological polar surface area (TPSA) is 78.4 Å². The molecule has 0 spiro atoms. The zero-order valence-electron chi connectivity index (χ0n) is 10.00. The summed E-state index contributed by atoms with van der Waals surface area (Å²) in [6, 6.07) is 0.611. The molecule has 2 aliphatic rings. The molecule has 0 bridgehead atoms. The first-order valence-electron chi connectivity index (χ1n) is 6.36. The molecule has 5 heteroatoms. The molecule has 0 heterocycles. The van der Waals surface area contributed by atoms with Crippen LogP contribution in [0.2, 0.25) is 0 Å². The number of carboxylic acid groups (broad SMARTS) is 1. The lowest BCUT2D eigenvalue weighted by Crippen LogP contribution is -2.47. The molecule has 2 aliphatic carbocycles. The van der Waals surface area contributed by atoms with Crippen molar-refractivity contribution in [3.05, 3.63) is 0 Å². The zero-order valence-corrected chi connectivity index (χ0v) is 10.00. The fraction of sp³-hybridized carbons (Fsp3) is 0.833. The SMILES string of the molecule is O=C(CCNC1CC1)NCC1(C(=O)O)CCC1. The van der Waals surface area contributed by atoms with Crippen molar-refractivity contribution < 1.29 is 14.7 Å². The predicted molar refractivity (Wildman–Crippen MR) is 62.6 cm³/mol. The predicted octanol–water partition coefficient (Wildman–Crippen LogP) is 0.500. The van der Waals surface area contributed by atoms with Crippen molar-refractivity contribution in [2.24, 2.45) is 5.41 Å². The molecule has 1 amide bonds. The number of carbonyl (C=O) groups is 2. The average Bonchev–Trinajstić information content (AvgIpc) is 2.99. The third kappa shape index (κ3) is 3.19. The largest absolute Gasteiger partial charge is 0.481 e. The molecule has 2 fully saturated rings. The molecular formula is C12H20N2O3. The minimum absolute atomic E-state index is 0.0503. The second-order valence-corrected chi connectivity index (χ2v) is 5.19. The molecule has 17 heavy (non-hydrogen) atoms. The van der Waals surface area contributed by atoms with Crippen LogP contribution in [0.5, 0.6) is 0 Å². The van der Waals surface area contributed by atoms with Gasteiger partial charge >= 0.3 is 5.97 Å². The van der Waals surface area contributed by atoms with E-state index in [9.17, 15) is 9.59 Å². The summed E-state index contributed by atoms with van der Waals surface area (Å²) in [6.45, 7) is 0.973. The summed E-state index contributed by atoms with van der Waals surface area (Å²) in [7, 11) is 0. The molecular weight excluding hydrogens is 220 g/mol. The highest BCUT2D eigenvalue weighted by molar-refractivity contribution is 5.79. The second-order valence-electron chi connectivity index (χ2n) is 5.19. The molecule has 2 rings (SSSR count). The highest BCUT2D eigenvalue weighted by Crippen LogP contribution is 2.40. The Labute approximate surface area is 101 Å². The Balaban J connectivity index is 1.62.